The normalized spacial score (nSPS) is 21.1. The Hall–Kier alpha value is -1.95. The Morgan fingerprint density at radius 3 is 2.88 bits per heavy atom. The number of aryl methyl sites for hydroxylation is 1. The van der Waals surface area contributed by atoms with Gasteiger partial charge in [-0.2, -0.15) is 0 Å². The lowest BCUT2D eigenvalue weighted by Crippen LogP contribution is -2.48. The number of aromatic nitrogens is 1. The number of para-hydroxylation sites is 1. The van der Waals surface area contributed by atoms with E-state index in [2.05, 4.69) is 11.1 Å². The largest absolute Gasteiger partial charge is 0.369 e. The Kier molecular flexibility index (Phi) is 5.14. The minimum atomic E-state index is -0.297. The molecule has 2 amide bonds. The van der Waals surface area contributed by atoms with Crippen molar-refractivity contribution in [2.24, 2.45) is 11.7 Å². The van der Waals surface area contributed by atoms with Crippen LogP contribution >= 0.6 is 11.3 Å². The van der Waals surface area contributed by atoms with Gasteiger partial charge in [-0.05, 0) is 44.7 Å². The molecule has 1 aromatic heterocycles. The molecule has 1 saturated heterocycles. The van der Waals surface area contributed by atoms with Crippen molar-refractivity contribution in [1.82, 2.24) is 9.88 Å². The van der Waals surface area contributed by atoms with Gasteiger partial charge in [-0.3, -0.25) is 9.59 Å². The third-order valence-electron chi connectivity index (χ3n) is 4.72. The van der Waals surface area contributed by atoms with Gasteiger partial charge in [0.05, 0.1) is 21.1 Å². The molecule has 0 spiro atoms. The Bertz CT molecular complexity index is 710. The predicted octanol–water partition coefficient (Wildman–Crippen LogP) is 2.73. The number of amides is 2. The van der Waals surface area contributed by atoms with Gasteiger partial charge in [0.25, 0.3) is 0 Å². The molecule has 3 rings (SSSR count). The number of piperidine rings is 1. The molecule has 1 fully saturated rings. The molecule has 0 saturated carbocycles. The third-order valence-corrected chi connectivity index (χ3v) is 5.82. The molecule has 2 heterocycles. The van der Waals surface area contributed by atoms with Gasteiger partial charge in [0, 0.05) is 19.0 Å². The number of primary amides is 1. The summed E-state index contributed by atoms with van der Waals surface area (Å²) in [5.74, 6) is -0.377. The highest BCUT2D eigenvalue weighted by atomic mass is 32.1. The molecule has 6 heteroatoms. The number of likely N-dealkylation sites (tertiary alicyclic amines) is 1. The molecular weight excluding hydrogens is 322 g/mol. The average Bonchev–Trinajstić information content (AvgIpc) is 2.97. The van der Waals surface area contributed by atoms with Crippen LogP contribution in [0.5, 0.6) is 0 Å². The Morgan fingerprint density at radius 2 is 2.12 bits per heavy atom. The first-order valence-electron chi connectivity index (χ1n) is 8.48. The van der Waals surface area contributed by atoms with E-state index in [1.165, 1.54) is 4.70 Å². The first kappa shape index (κ1) is 16.9. The lowest BCUT2D eigenvalue weighted by atomic mass is 9.92. The monoisotopic (exact) mass is 345 g/mol. The molecule has 0 bridgehead atoms. The predicted molar refractivity (Wildman–Crippen MR) is 95.7 cm³/mol. The van der Waals surface area contributed by atoms with Crippen LogP contribution in [0.15, 0.2) is 24.3 Å². The van der Waals surface area contributed by atoms with Crippen LogP contribution in [0.3, 0.4) is 0 Å². The number of rotatable bonds is 5. The smallest absolute Gasteiger partial charge is 0.222 e. The maximum atomic E-state index is 12.5. The van der Waals surface area contributed by atoms with Crippen molar-refractivity contribution in [3.05, 3.63) is 29.3 Å². The minimum absolute atomic E-state index is 0.120. The van der Waals surface area contributed by atoms with Crippen LogP contribution in [0.4, 0.5) is 0 Å². The zero-order valence-corrected chi connectivity index (χ0v) is 14.7. The van der Waals surface area contributed by atoms with Crippen molar-refractivity contribution in [3.8, 4) is 0 Å². The molecule has 2 aromatic rings. The Balaban J connectivity index is 1.53. The highest BCUT2D eigenvalue weighted by Crippen LogP contribution is 2.25. The van der Waals surface area contributed by atoms with Crippen LogP contribution < -0.4 is 5.73 Å². The van der Waals surface area contributed by atoms with E-state index < -0.39 is 0 Å². The number of nitrogens with zero attached hydrogens (tertiary/aromatic N) is 2. The van der Waals surface area contributed by atoms with Gasteiger partial charge in [0.2, 0.25) is 11.8 Å². The van der Waals surface area contributed by atoms with Crippen LogP contribution in [0.1, 0.15) is 37.6 Å². The minimum Gasteiger partial charge on any atom is -0.369 e. The fourth-order valence-corrected chi connectivity index (χ4v) is 4.26. The van der Waals surface area contributed by atoms with Crippen molar-refractivity contribution in [2.75, 3.05) is 6.54 Å². The molecule has 24 heavy (non-hydrogen) atoms. The number of nitrogens with two attached hydrogens (primary N) is 1. The molecule has 0 unspecified atom stereocenters. The molecule has 1 aromatic carbocycles. The second kappa shape index (κ2) is 7.30. The fourth-order valence-electron chi connectivity index (χ4n) is 3.25. The molecule has 0 aliphatic carbocycles. The standard InChI is InChI=1S/C18H23N3O2S/c1-12-9-10-13(18(19)23)11-21(12)17(22)8-4-7-16-20-14-5-2-3-6-15(14)24-16/h2-3,5-6,12-13H,4,7-11H2,1H3,(H2,19,23)/t12-,13+/m1/s1. The highest BCUT2D eigenvalue weighted by Gasteiger charge is 2.31. The van der Waals surface area contributed by atoms with Crippen LogP contribution in [-0.2, 0) is 16.0 Å². The van der Waals surface area contributed by atoms with Gasteiger partial charge in [-0.25, -0.2) is 4.98 Å². The van der Waals surface area contributed by atoms with Gasteiger partial charge >= 0.3 is 0 Å². The Morgan fingerprint density at radius 1 is 1.33 bits per heavy atom. The summed E-state index contributed by atoms with van der Waals surface area (Å²) >= 11 is 1.69. The quantitative estimate of drug-likeness (QED) is 0.905. The molecular formula is C18H23N3O2S. The lowest BCUT2D eigenvalue weighted by Gasteiger charge is -2.37. The first-order chi connectivity index (χ1) is 11.5. The Labute approximate surface area is 145 Å². The van der Waals surface area contributed by atoms with Crippen molar-refractivity contribution in [3.63, 3.8) is 0 Å². The van der Waals surface area contributed by atoms with Gasteiger partial charge in [0.15, 0.2) is 0 Å². The second-order valence-electron chi connectivity index (χ2n) is 6.50. The van der Waals surface area contributed by atoms with E-state index in [0.717, 1.165) is 36.2 Å². The third kappa shape index (κ3) is 3.75. The van der Waals surface area contributed by atoms with E-state index in [-0.39, 0.29) is 23.8 Å². The summed E-state index contributed by atoms with van der Waals surface area (Å²) in [5, 5.41) is 1.07. The number of thiazole rings is 1. The van der Waals surface area contributed by atoms with Crippen molar-refractivity contribution >= 4 is 33.4 Å². The summed E-state index contributed by atoms with van der Waals surface area (Å²) in [6.45, 7) is 2.51. The van der Waals surface area contributed by atoms with Gasteiger partial charge in [0.1, 0.15) is 0 Å². The summed E-state index contributed by atoms with van der Waals surface area (Å²) in [5.41, 5.74) is 6.43. The topological polar surface area (TPSA) is 76.3 Å². The zero-order chi connectivity index (χ0) is 17.1. The average molecular weight is 345 g/mol. The van der Waals surface area contributed by atoms with Crippen molar-refractivity contribution in [1.29, 1.82) is 0 Å². The van der Waals surface area contributed by atoms with E-state index >= 15 is 0 Å². The number of hydrogen-bond donors (Lipinski definition) is 1. The molecule has 1 aliphatic rings. The number of fused-ring (bicyclic) bond motifs is 1. The van der Waals surface area contributed by atoms with Crippen LogP contribution in [0.25, 0.3) is 10.2 Å². The maximum absolute atomic E-state index is 12.5. The number of carbonyl (C=O) groups is 2. The van der Waals surface area contributed by atoms with E-state index in [0.29, 0.717) is 13.0 Å². The second-order valence-corrected chi connectivity index (χ2v) is 7.62. The summed E-state index contributed by atoms with van der Waals surface area (Å²) in [6, 6.07) is 8.28. The fraction of sp³-hybridized carbons (Fsp3) is 0.500. The summed E-state index contributed by atoms with van der Waals surface area (Å²) in [7, 11) is 0. The number of hydrogen-bond acceptors (Lipinski definition) is 4. The van der Waals surface area contributed by atoms with Crippen molar-refractivity contribution in [2.45, 2.75) is 45.1 Å². The molecule has 128 valence electrons. The summed E-state index contributed by atoms with van der Waals surface area (Å²) in [6.07, 6.45) is 3.71. The van der Waals surface area contributed by atoms with Gasteiger partial charge in [-0.1, -0.05) is 12.1 Å². The van der Waals surface area contributed by atoms with Crippen LogP contribution in [0, 0.1) is 5.92 Å². The summed E-state index contributed by atoms with van der Waals surface area (Å²) in [4.78, 5) is 30.3. The van der Waals surface area contributed by atoms with E-state index in [1.54, 1.807) is 11.3 Å². The van der Waals surface area contributed by atoms with Gasteiger partial charge in [-0.15, -0.1) is 11.3 Å². The van der Waals surface area contributed by atoms with Crippen molar-refractivity contribution < 1.29 is 9.59 Å². The lowest BCUT2D eigenvalue weighted by molar-refractivity contribution is -0.137. The first-order valence-corrected chi connectivity index (χ1v) is 9.29. The number of benzene rings is 1. The SMILES string of the molecule is C[C@@H]1CC[C@H](C(N)=O)CN1C(=O)CCCc1nc2ccccc2s1. The zero-order valence-electron chi connectivity index (χ0n) is 13.9. The molecule has 1 aliphatic heterocycles. The van der Waals surface area contributed by atoms with Gasteiger partial charge < -0.3 is 10.6 Å². The van der Waals surface area contributed by atoms with E-state index in [1.807, 2.05) is 30.0 Å². The molecule has 2 atom stereocenters. The van der Waals surface area contributed by atoms with Crippen LogP contribution in [-0.4, -0.2) is 34.3 Å². The van der Waals surface area contributed by atoms with E-state index in [4.69, 9.17) is 5.73 Å². The summed E-state index contributed by atoms with van der Waals surface area (Å²) < 4.78 is 1.19. The molecule has 0 radical (unpaired) electrons. The molecule has 5 nitrogen and oxygen atoms in total. The molecule has 2 N–H and O–H groups in total. The van der Waals surface area contributed by atoms with E-state index in [9.17, 15) is 9.59 Å². The van der Waals surface area contributed by atoms with Crippen LogP contribution in [0.2, 0.25) is 0 Å². The maximum Gasteiger partial charge on any atom is 0.222 e. The number of carbonyl (C=O) groups excluding carboxylic acids is 2. The highest BCUT2D eigenvalue weighted by molar-refractivity contribution is 7.18.